The van der Waals surface area contributed by atoms with Gasteiger partial charge in [0.05, 0.1) is 12.7 Å². The van der Waals surface area contributed by atoms with Crippen LogP contribution in [0.2, 0.25) is 0 Å². The molecule has 3 unspecified atom stereocenters. The molecule has 2 saturated heterocycles. The maximum absolute atomic E-state index is 13.1. The quantitative estimate of drug-likeness (QED) is 0.411. The molecule has 0 spiro atoms. The molecule has 0 radical (unpaired) electrons. The van der Waals surface area contributed by atoms with Crippen molar-refractivity contribution < 1.29 is 23.8 Å². The van der Waals surface area contributed by atoms with E-state index < -0.39 is 5.60 Å². The molecule has 4 aliphatic carbocycles. The number of ketones is 1. The number of hydrogen-bond acceptors (Lipinski definition) is 5. The molecule has 6 aliphatic rings. The largest absolute Gasteiger partial charge is 0.462 e. The minimum atomic E-state index is -0.554. The summed E-state index contributed by atoms with van der Waals surface area (Å²) in [6.45, 7) is 6.88. The van der Waals surface area contributed by atoms with E-state index >= 15 is 0 Å². The lowest BCUT2D eigenvalue weighted by atomic mass is 9.47. The Hall–Kier alpha value is -1.20. The topological polar surface area (TPSA) is 68.4 Å². The van der Waals surface area contributed by atoms with Crippen molar-refractivity contribution in [2.24, 2.45) is 28.6 Å². The van der Waals surface area contributed by atoms with Gasteiger partial charge in [-0.2, -0.15) is 0 Å². The zero-order valence-electron chi connectivity index (χ0n) is 17.7. The first kappa shape index (κ1) is 18.6. The van der Waals surface area contributed by atoms with Gasteiger partial charge in [0, 0.05) is 18.8 Å². The first-order valence-electron chi connectivity index (χ1n) is 11.5. The van der Waals surface area contributed by atoms with E-state index in [1.807, 2.05) is 0 Å². The molecule has 0 aromatic carbocycles. The Morgan fingerprint density at radius 1 is 1.17 bits per heavy atom. The van der Waals surface area contributed by atoms with Crippen LogP contribution in [0.25, 0.3) is 0 Å². The van der Waals surface area contributed by atoms with Crippen molar-refractivity contribution in [3.63, 3.8) is 0 Å². The van der Waals surface area contributed by atoms with E-state index in [0.717, 1.165) is 38.5 Å². The van der Waals surface area contributed by atoms with Gasteiger partial charge in [0.25, 0.3) is 0 Å². The SMILES string of the molecule is CC(=O)O[C@H]1CC[C@@]2(C)C(=CC[C@@H]3C2CC[C@@]2(C)C3C[C@H]3O[C@]32C(=O)C2CO2)C1. The predicted molar refractivity (Wildman–Crippen MR) is 105 cm³/mol. The fourth-order valence-electron chi connectivity index (χ4n) is 8.25. The standard InChI is InChI=1S/C24H32O5/c1-13(25)28-15-6-8-22(2)14(10-15)4-5-16-17(22)7-9-23(3)18(16)11-20-24(23,29-20)21(26)19-12-27-19/h4,15-20H,5-12H2,1-3H3/t15-,16+,17?,18?,19?,20+,22-,23-,24-/m0/s1. The lowest BCUT2D eigenvalue weighted by molar-refractivity contribution is -0.149. The van der Waals surface area contributed by atoms with Gasteiger partial charge >= 0.3 is 5.97 Å². The van der Waals surface area contributed by atoms with Crippen LogP contribution in [0.4, 0.5) is 0 Å². The monoisotopic (exact) mass is 400 g/mol. The minimum Gasteiger partial charge on any atom is -0.462 e. The van der Waals surface area contributed by atoms with Crippen LogP contribution in [0.1, 0.15) is 65.7 Å². The summed E-state index contributed by atoms with van der Waals surface area (Å²) in [5.41, 5.74) is 1.13. The second-order valence-corrected chi connectivity index (χ2v) is 11.0. The summed E-state index contributed by atoms with van der Waals surface area (Å²) in [6, 6.07) is 0. The first-order valence-corrected chi connectivity index (χ1v) is 11.5. The van der Waals surface area contributed by atoms with Gasteiger partial charge in [0.1, 0.15) is 12.2 Å². The first-order chi connectivity index (χ1) is 13.8. The summed E-state index contributed by atoms with van der Waals surface area (Å²) in [4.78, 5) is 24.5. The fraction of sp³-hybridized carbons (Fsp3) is 0.833. The van der Waals surface area contributed by atoms with Crippen molar-refractivity contribution in [3.05, 3.63) is 11.6 Å². The summed E-state index contributed by atoms with van der Waals surface area (Å²) in [7, 11) is 0. The molecule has 6 rings (SSSR count). The van der Waals surface area contributed by atoms with Crippen LogP contribution in [-0.2, 0) is 23.8 Å². The Morgan fingerprint density at radius 2 is 1.97 bits per heavy atom. The molecule has 0 amide bonds. The third kappa shape index (κ3) is 2.29. The number of allylic oxidation sites excluding steroid dienone is 1. The Kier molecular flexibility index (Phi) is 3.67. The Labute approximate surface area is 172 Å². The molecule has 0 N–H and O–H groups in total. The van der Waals surface area contributed by atoms with Gasteiger partial charge in [-0.05, 0) is 61.7 Å². The van der Waals surface area contributed by atoms with Crippen LogP contribution < -0.4 is 0 Å². The van der Waals surface area contributed by atoms with Crippen LogP contribution in [-0.4, -0.2) is 42.3 Å². The maximum Gasteiger partial charge on any atom is 0.302 e. The van der Waals surface area contributed by atoms with Gasteiger partial charge in [-0.15, -0.1) is 0 Å². The Bertz CT molecular complexity index is 814. The summed E-state index contributed by atoms with van der Waals surface area (Å²) in [5.74, 6) is 1.92. The fourth-order valence-corrected chi connectivity index (χ4v) is 8.25. The van der Waals surface area contributed by atoms with E-state index in [-0.39, 0.29) is 40.9 Å². The molecular formula is C24H32O5. The van der Waals surface area contributed by atoms with Crippen LogP contribution in [0.3, 0.4) is 0 Å². The van der Waals surface area contributed by atoms with Gasteiger partial charge in [-0.1, -0.05) is 25.5 Å². The molecule has 5 fully saturated rings. The second-order valence-electron chi connectivity index (χ2n) is 11.0. The van der Waals surface area contributed by atoms with Crippen molar-refractivity contribution >= 4 is 11.8 Å². The minimum absolute atomic E-state index is 0.0431. The number of rotatable bonds is 3. The van der Waals surface area contributed by atoms with Crippen LogP contribution in [0.15, 0.2) is 11.6 Å². The van der Waals surface area contributed by atoms with Gasteiger partial charge in [0.15, 0.2) is 11.4 Å². The van der Waals surface area contributed by atoms with Gasteiger partial charge in [-0.3, -0.25) is 9.59 Å². The van der Waals surface area contributed by atoms with Crippen LogP contribution in [0.5, 0.6) is 0 Å². The van der Waals surface area contributed by atoms with Crippen molar-refractivity contribution in [1.82, 2.24) is 0 Å². The molecule has 5 heteroatoms. The molecule has 0 bridgehead atoms. The van der Waals surface area contributed by atoms with E-state index in [4.69, 9.17) is 14.2 Å². The van der Waals surface area contributed by atoms with Gasteiger partial charge in [0.2, 0.25) is 0 Å². The molecule has 5 nitrogen and oxygen atoms in total. The van der Waals surface area contributed by atoms with E-state index in [0.29, 0.717) is 24.4 Å². The third-order valence-electron chi connectivity index (χ3n) is 9.81. The molecule has 2 aliphatic heterocycles. The number of epoxide rings is 2. The third-order valence-corrected chi connectivity index (χ3v) is 9.81. The number of fused-ring (bicyclic) bond motifs is 7. The van der Waals surface area contributed by atoms with Gasteiger partial charge < -0.3 is 14.2 Å². The number of hydrogen-bond donors (Lipinski definition) is 0. The number of ether oxygens (including phenoxy) is 3. The van der Waals surface area contributed by atoms with Crippen molar-refractivity contribution in [3.8, 4) is 0 Å². The van der Waals surface area contributed by atoms with Crippen LogP contribution >= 0.6 is 0 Å². The number of carbonyl (C=O) groups is 2. The molecule has 2 heterocycles. The molecule has 3 saturated carbocycles. The summed E-state index contributed by atoms with van der Waals surface area (Å²) in [5, 5.41) is 0. The lowest BCUT2D eigenvalue weighted by Crippen LogP contribution is -2.55. The molecule has 0 aromatic heterocycles. The van der Waals surface area contributed by atoms with Crippen LogP contribution in [0, 0.1) is 28.6 Å². The smallest absolute Gasteiger partial charge is 0.302 e. The van der Waals surface area contributed by atoms with E-state index in [1.54, 1.807) is 0 Å². The highest BCUT2D eigenvalue weighted by atomic mass is 16.6. The average Bonchev–Trinajstić information content (AvgIpc) is 3.58. The highest BCUT2D eigenvalue weighted by Crippen LogP contribution is 2.73. The summed E-state index contributed by atoms with van der Waals surface area (Å²) < 4.78 is 17.0. The average molecular weight is 401 g/mol. The number of carbonyl (C=O) groups excluding carboxylic acids is 2. The Morgan fingerprint density at radius 3 is 2.69 bits per heavy atom. The zero-order valence-corrected chi connectivity index (χ0v) is 17.7. The molecule has 158 valence electrons. The lowest BCUT2D eigenvalue weighted by Gasteiger charge is -2.58. The van der Waals surface area contributed by atoms with E-state index in [1.165, 1.54) is 18.9 Å². The summed E-state index contributed by atoms with van der Waals surface area (Å²) in [6.07, 6.45) is 9.75. The van der Waals surface area contributed by atoms with Crippen molar-refractivity contribution in [2.45, 2.75) is 89.6 Å². The number of esters is 1. The van der Waals surface area contributed by atoms with E-state index in [2.05, 4.69) is 19.9 Å². The zero-order chi connectivity index (χ0) is 20.2. The van der Waals surface area contributed by atoms with Crippen molar-refractivity contribution in [1.29, 1.82) is 0 Å². The maximum atomic E-state index is 13.1. The summed E-state index contributed by atoms with van der Waals surface area (Å²) >= 11 is 0. The highest BCUT2D eigenvalue weighted by molar-refractivity contribution is 5.97. The molecular weight excluding hydrogens is 368 g/mol. The van der Waals surface area contributed by atoms with Crippen molar-refractivity contribution in [2.75, 3.05) is 6.61 Å². The number of Topliss-reactive ketones (excluding diaryl/α,β-unsaturated/α-hetero) is 1. The highest BCUT2D eigenvalue weighted by Gasteiger charge is 2.81. The predicted octanol–water partition coefficient (Wildman–Crippen LogP) is 3.60. The normalized spacial score (nSPS) is 54.2. The molecule has 29 heavy (non-hydrogen) atoms. The van der Waals surface area contributed by atoms with E-state index in [9.17, 15) is 9.59 Å². The van der Waals surface area contributed by atoms with Gasteiger partial charge in [-0.25, -0.2) is 0 Å². The Balaban J connectivity index is 1.28. The second kappa shape index (κ2) is 5.73. The molecule has 0 aromatic rings. The molecule has 9 atom stereocenters.